The molecular weight excluding hydrogens is 996 g/mol. The van der Waals surface area contributed by atoms with Gasteiger partial charge in [0, 0.05) is 6.42 Å². The normalized spacial score (nSPS) is 24.9. The van der Waals surface area contributed by atoms with E-state index in [9.17, 15) is 59.4 Å². The van der Waals surface area contributed by atoms with Crippen molar-refractivity contribution >= 4 is 25.6 Å². The number of amides is 2. The van der Waals surface area contributed by atoms with Gasteiger partial charge in [-0.1, -0.05) is 181 Å². The van der Waals surface area contributed by atoms with Gasteiger partial charge in [0.25, 0.3) is 0 Å². The van der Waals surface area contributed by atoms with Gasteiger partial charge >= 0.3 is 13.8 Å². The third-order valence-corrected chi connectivity index (χ3v) is 14.7. The molecule has 12 atom stereocenters. The number of nitrogens with one attached hydrogen (secondary N) is 2. The molecule has 0 aromatic rings. The number of unbranched alkanes of at least 4 members (excludes halogenated alkanes) is 24. The van der Waals surface area contributed by atoms with Crippen LogP contribution < -0.4 is 10.6 Å². The number of phosphoric acid groups is 1. The van der Waals surface area contributed by atoms with Gasteiger partial charge in [-0.15, -0.1) is 0 Å². The molecule has 2 amide bonds. The van der Waals surface area contributed by atoms with Crippen LogP contribution in [0.15, 0.2) is 0 Å². The standard InChI is InChI=1S/C54H103N2O18P/c1-4-7-10-13-16-19-22-25-28-31-40(59)36-44(60)55-47-50(64)49(63)43(73-53(47)69-35-34-57)39-70-54-48(51(65)52(42(38-58)72-54)74-75(66,67)68)56-45(61)37-41(32-29-26-23-20-17-14-11-8-5-2)71-46(62)33-30-27-24-21-18-15-12-9-6-3/h40-43,47-54,57-59,63-65H,4-39H2,1-3H3,(H,55,60)(H,56,61)(H2,66,67,68)/t40-,41-,42-,43-,47+,48+,49-,50-,51-,52-,53+,54-/m1/s1. The molecular formula is C54H103N2O18P. The van der Waals surface area contributed by atoms with Crippen molar-refractivity contribution in [1.82, 2.24) is 10.6 Å². The summed E-state index contributed by atoms with van der Waals surface area (Å²) in [7, 11) is -5.32. The van der Waals surface area contributed by atoms with Crippen molar-refractivity contribution in [3.8, 4) is 0 Å². The van der Waals surface area contributed by atoms with E-state index < -0.39 is 119 Å². The summed E-state index contributed by atoms with van der Waals surface area (Å²) in [4.78, 5) is 59.7. The lowest BCUT2D eigenvalue weighted by atomic mass is 9.95. The molecule has 0 aromatic heterocycles. The molecule has 75 heavy (non-hydrogen) atoms. The number of hydrogen-bond acceptors (Lipinski definition) is 16. The zero-order chi connectivity index (χ0) is 55.3. The minimum Gasteiger partial charge on any atom is -0.462 e. The minimum atomic E-state index is -5.32. The van der Waals surface area contributed by atoms with Gasteiger partial charge in [0.2, 0.25) is 11.8 Å². The third-order valence-electron chi connectivity index (χ3n) is 14.2. The SMILES string of the molecule is CCCCCCCCCCCC(=O)O[C@H](CCCCCCCCCCC)CC(=O)N[C@@H]1[C@H](OC[C@H]2O[C@H](OCCO)[C@@H](NC(=O)C[C@H](O)CCCCCCCCCCC)[C@@H](O)[C@@H]2O)O[C@H](CO)[C@@H](OP(=O)(O)O)[C@@H]1O. The van der Waals surface area contributed by atoms with Gasteiger partial charge in [0.05, 0.1) is 45.4 Å². The molecule has 2 saturated heterocycles. The van der Waals surface area contributed by atoms with Crippen molar-refractivity contribution in [3.05, 3.63) is 0 Å². The van der Waals surface area contributed by atoms with Gasteiger partial charge in [0.1, 0.15) is 54.8 Å². The van der Waals surface area contributed by atoms with E-state index in [-0.39, 0.29) is 25.9 Å². The first-order chi connectivity index (χ1) is 36.1. The largest absolute Gasteiger partial charge is 0.470 e. The van der Waals surface area contributed by atoms with E-state index in [0.29, 0.717) is 25.7 Å². The van der Waals surface area contributed by atoms with Gasteiger partial charge < -0.3 is 74.7 Å². The Morgan fingerprint density at radius 3 is 1.49 bits per heavy atom. The number of ether oxygens (including phenoxy) is 5. The van der Waals surface area contributed by atoms with Crippen LogP contribution in [0.4, 0.5) is 0 Å². The maximum atomic E-state index is 13.9. The van der Waals surface area contributed by atoms with E-state index in [1.165, 1.54) is 83.5 Å². The van der Waals surface area contributed by atoms with E-state index in [2.05, 4.69) is 31.4 Å². The lowest BCUT2D eigenvalue weighted by Gasteiger charge is -2.45. The number of rotatable bonds is 46. The van der Waals surface area contributed by atoms with Gasteiger partial charge in [0.15, 0.2) is 12.6 Å². The van der Waals surface area contributed by atoms with Crippen molar-refractivity contribution in [2.24, 2.45) is 0 Å². The minimum absolute atomic E-state index is 0.187. The quantitative estimate of drug-likeness (QED) is 0.0170. The first kappa shape index (κ1) is 69.2. The summed E-state index contributed by atoms with van der Waals surface area (Å²) >= 11 is 0. The van der Waals surface area contributed by atoms with Crippen molar-refractivity contribution in [2.75, 3.05) is 26.4 Å². The predicted octanol–water partition coefficient (Wildman–Crippen LogP) is 6.80. The highest BCUT2D eigenvalue weighted by Gasteiger charge is 2.51. The van der Waals surface area contributed by atoms with Crippen molar-refractivity contribution in [2.45, 2.75) is 300 Å². The van der Waals surface area contributed by atoms with Crippen molar-refractivity contribution < 1.29 is 87.6 Å². The van der Waals surface area contributed by atoms with Crippen LogP contribution in [0.3, 0.4) is 0 Å². The molecule has 2 aliphatic heterocycles. The maximum Gasteiger partial charge on any atom is 0.470 e. The van der Waals surface area contributed by atoms with Gasteiger partial charge in [-0.3, -0.25) is 18.9 Å². The number of aliphatic hydroxyl groups excluding tert-OH is 6. The van der Waals surface area contributed by atoms with Crippen LogP contribution in [0.1, 0.15) is 226 Å². The Balaban J connectivity index is 2.17. The molecule has 0 aromatic carbocycles. The second-order valence-electron chi connectivity index (χ2n) is 20.9. The van der Waals surface area contributed by atoms with E-state index in [1.54, 1.807) is 0 Å². The number of esters is 1. The highest BCUT2D eigenvalue weighted by atomic mass is 31.2. The van der Waals surface area contributed by atoms with Crippen LogP contribution in [-0.2, 0) is 47.2 Å². The lowest BCUT2D eigenvalue weighted by molar-refractivity contribution is -0.303. The predicted molar refractivity (Wildman–Crippen MR) is 283 cm³/mol. The van der Waals surface area contributed by atoms with Crippen LogP contribution in [0, 0.1) is 0 Å². The Morgan fingerprint density at radius 2 is 1.00 bits per heavy atom. The highest BCUT2D eigenvalue weighted by molar-refractivity contribution is 7.46. The fourth-order valence-electron chi connectivity index (χ4n) is 9.79. The molecule has 20 nitrogen and oxygen atoms in total. The van der Waals surface area contributed by atoms with Gasteiger partial charge in [-0.2, -0.15) is 0 Å². The molecule has 0 bridgehead atoms. The summed E-state index contributed by atoms with van der Waals surface area (Å²) in [6.45, 7) is 4.21. The Morgan fingerprint density at radius 1 is 0.560 bits per heavy atom. The molecule has 0 unspecified atom stereocenters. The Kier molecular flexibility index (Phi) is 38.8. The van der Waals surface area contributed by atoms with Crippen molar-refractivity contribution in [3.63, 3.8) is 0 Å². The average molecular weight is 1100 g/mol. The van der Waals surface area contributed by atoms with Crippen LogP contribution in [-0.4, -0.2) is 158 Å². The van der Waals surface area contributed by atoms with Gasteiger partial charge in [-0.05, 0) is 25.7 Å². The van der Waals surface area contributed by atoms with Crippen molar-refractivity contribution in [1.29, 1.82) is 0 Å². The summed E-state index contributed by atoms with van der Waals surface area (Å²) in [6.07, 6.45) is 14.0. The van der Waals surface area contributed by atoms with Crippen LogP contribution in [0.25, 0.3) is 0 Å². The zero-order valence-electron chi connectivity index (χ0n) is 46.0. The smallest absolute Gasteiger partial charge is 0.462 e. The van der Waals surface area contributed by atoms with E-state index in [4.69, 9.17) is 28.2 Å². The Hall–Kier alpha value is -1.88. The summed E-state index contributed by atoms with van der Waals surface area (Å²) in [5, 5.41) is 69.8. The van der Waals surface area contributed by atoms with E-state index in [1.807, 2.05) is 0 Å². The molecule has 2 aliphatic rings. The first-order valence-corrected chi connectivity index (χ1v) is 30.6. The molecule has 0 aliphatic carbocycles. The molecule has 442 valence electrons. The monoisotopic (exact) mass is 1100 g/mol. The summed E-state index contributed by atoms with van der Waals surface area (Å²) in [5.41, 5.74) is 0. The molecule has 0 spiro atoms. The third kappa shape index (κ3) is 30.9. The average Bonchev–Trinajstić information content (AvgIpc) is 3.36. The summed E-state index contributed by atoms with van der Waals surface area (Å²) < 4.78 is 46.2. The number of phosphoric ester groups is 1. The summed E-state index contributed by atoms with van der Waals surface area (Å²) in [5.74, 6) is -1.81. The Bertz CT molecular complexity index is 1510. The highest BCUT2D eigenvalue weighted by Crippen LogP contribution is 2.41. The van der Waals surface area contributed by atoms with Crippen LogP contribution >= 0.6 is 7.82 Å². The molecule has 2 heterocycles. The number of hydrogen-bond donors (Lipinski definition) is 10. The molecule has 0 saturated carbocycles. The molecule has 2 rings (SSSR count). The fraction of sp³-hybridized carbons (Fsp3) is 0.944. The van der Waals surface area contributed by atoms with E-state index >= 15 is 0 Å². The fourth-order valence-corrected chi connectivity index (χ4v) is 10.4. The Labute approximate surface area is 448 Å². The topological polar surface area (TPSA) is 310 Å². The number of aliphatic hydroxyl groups is 6. The second-order valence-corrected chi connectivity index (χ2v) is 22.1. The van der Waals surface area contributed by atoms with Crippen LogP contribution in [0.5, 0.6) is 0 Å². The first-order valence-electron chi connectivity index (χ1n) is 29.1. The second kappa shape index (κ2) is 42.1. The molecule has 2 fully saturated rings. The number of carbonyl (C=O) groups excluding carboxylic acids is 3. The van der Waals surface area contributed by atoms with Gasteiger partial charge in [-0.25, -0.2) is 4.57 Å². The molecule has 10 N–H and O–H groups in total. The van der Waals surface area contributed by atoms with E-state index in [0.717, 1.165) is 77.0 Å². The molecule has 0 radical (unpaired) electrons. The molecule has 21 heteroatoms. The lowest BCUT2D eigenvalue weighted by Crippen LogP contribution is -2.67. The maximum absolute atomic E-state index is 13.9. The zero-order valence-corrected chi connectivity index (χ0v) is 46.9. The number of carbonyl (C=O) groups is 3. The van der Waals surface area contributed by atoms with Crippen LogP contribution in [0.2, 0.25) is 0 Å². The summed E-state index contributed by atoms with van der Waals surface area (Å²) in [6, 6.07) is -2.99.